The van der Waals surface area contributed by atoms with Crippen LogP contribution in [-0.4, -0.2) is 24.2 Å². The van der Waals surface area contributed by atoms with E-state index in [1.54, 1.807) is 24.3 Å². The summed E-state index contributed by atoms with van der Waals surface area (Å²) < 4.78 is 58.9. The maximum atomic E-state index is 12.6. The lowest BCUT2D eigenvalue weighted by Gasteiger charge is -2.10. The molecule has 0 amide bonds. The van der Waals surface area contributed by atoms with E-state index < -0.39 is 11.7 Å². The third-order valence-corrected chi connectivity index (χ3v) is 3.51. The average molecular weight is 392 g/mol. The van der Waals surface area contributed by atoms with Crippen LogP contribution in [0.2, 0.25) is 0 Å². The molecule has 0 unspecified atom stereocenters. The molecule has 0 saturated carbocycles. The number of ether oxygens (including phenoxy) is 4. The molecule has 146 valence electrons. The second kappa shape index (κ2) is 8.03. The molecular weight excluding hydrogens is 377 g/mol. The summed E-state index contributed by atoms with van der Waals surface area (Å²) in [5.74, 6) is 1.68. The second-order valence-corrected chi connectivity index (χ2v) is 5.43. The normalized spacial score (nSPS) is 11.0. The van der Waals surface area contributed by atoms with Crippen LogP contribution in [-0.2, 0) is 6.18 Å². The summed E-state index contributed by atoms with van der Waals surface area (Å²) in [6.45, 7) is 0. The summed E-state index contributed by atoms with van der Waals surface area (Å²) in [5, 5.41) is 0. The van der Waals surface area contributed by atoms with Crippen molar-refractivity contribution in [1.82, 2.24) is 9.97 Å². The fourth-order valence-electron chi connectivity index (χ4n) is 2.18. The minimum atomic E-state index is -4.39. The summed E-state index contributed by atoms with van der Waals surface area (Å²) in [5.41, 5.74) is -0.737. The molecule has 0 N–H and O–H groups in total. The van der Waals surface area contributed by atoms with Gasteiger partial charge in [0.1, 0.15) is 17.2 Å². The van der Waals surface area contributed by atoms with Crippen LogP contribution >= 0.6 is 0 Å². The molecule has 0 atom stereocenters. The van der Waals surface area contributed by atoms with Gasteiger partial charge >= 0.3 is 12.2 Å². The average Bonchev–Trinajstić information content (AvgIpc) is 2.69. The van der Waals surface area contributed by atoms with Crippen molar-refractivity contribution in [2.75, 3.05) is 14.2 Å². The number of hydrogen-bond donors (Lipinski definition) is 0. The number of nitrogens with zero attached hydrogens (tertiary/aromatic N) is 2. The molecule has 0 aliphatic carbocycles. The first-order valence-corrected chi connectivity index (χ1v) is 7.97. The van der Waals surface area contributed by atoms with Crippen molar-refractivity contribution in [2.45, 2.75) is 6.18 Å². The van der Waals surface area contributed by atoms with Crippen molar-refractivity contribution >= 4 is 0 Å². The van der Waals surface area contributed by atoms with Crippen LogP contribution in [0.4, 0.5) is 13.2 Å². The molecule has 0 aliphatic heterocycles. The highest BCUT2D eigenvalue weighted by Gasteiger charge is 2.30. The molecule has 0 radical (unpaired) electrons. The molecule has 3 aromatic rings. The first kappa shape index (κ1) is 19.3. The Labute approximate surface area is 158 Å². The molecule has 3 rings (SSSR count). The first-order valence-electron chi connectivity index (χ1n) is 7.97. The highest BCUT2D eigenvalue weighted by atomic mass is 19.4. The smallest absolute Gasteiger partial charge is 0.416 e. The van der Waals surface area contributed by atoms with E-state index in [0.717, 1.165) is 12.1 Å². The number of hydrogen-bond acceptors (Lipinski definition) is 6. The Kier molecular flexibility index (Phi) is 5.53. The lowest BCUT2D eigenvalue weighted by Crippen LogP contribution is -2.03. The van der Waals surface area contributed by atoms with Gasteiger partial charge in [-0.2, -0.15) is 23.1 Å². The Morgan fingerprint density at radius 2 is 1.18 bits per heavy atom. The first-order chi connectivity index (χ1) is 13.4. The summed E-state index contributed by atoms with van der Waals surface area (Å²) in [7, 11) is 2.88. The Balaban J connectivity index is 1.68. The quantitative estimate of drug-likeness (QED) is 0.582. The van der Waals surface area contributed by atoms with Crippen molar-refractivity contribution < 1.29 is 32.1 Å². The SMILES string of the molecule is COc1cc(Oc2ccc(Oc3ccc(C(F)(F)F)cc3)cc2)nc(OC)n1. The largest absolute Gasteiger partial charge is 0.481 e. The lowest BCUT2D eigenvalue weighted by atomic mass is 10.2. The molecule has 9 heteroatoms. The van der Waals surface area contributed by atoms with Gasteiger partial charge in [-0.1, -0.05) is 0 Å². The van der Waals surface area contributed by atoms with Crippen LogP contribution in [0.1, 0.15) is 5.56 Å². The number of methoxy groups -OCH3 is 2. The van der Waals surface area contributed by atoms with Gasteiger partial charge in [-0.3, -0.25) is 0 Å². The third kappa shape index (κ3) is 4.81. The Bertz CT molecular complexity index is 907. The molecular formula is C19H15F3N2O4. The molecule has 6 nitrogen and oxygen atoms in total. The molecule has 0 bridgehead atoms. The minimum absolute atomic E-state index is 0.0941. The van der Waals surface area contributed by atoms with Gasteiger partial charge in [-0.05, 0) is 48.5 Å². The Morgan fingerprint density at radius 1 is 0.679 bits per heavy atom. The zero-order valence-corrected chi connectivity index (χ0v) is 14.9. The molecule has 1 heterocycles. The number of rotatable bonds is 6. The third-order valence-electron chi connectivity index (χ3n) is 3.51. The molecule has 2 aromatic carbocycles. The van der Waals surface area contributed by atoms with Gasteiger partial charge in [0.25, 0.3) is 0 Å². The van der Waals surface area contributed by atoms with E-state index in [9.17, 15) is 13.2 Å². The van der Waals surface area contributed by atoms with E-state index in [2.05, 4.69) is 9.97 Å². The van der Waals surface area contributed by atoms with E-state index in [0.29, 0.717) is 11.5 Å². The van der Waals surface area contributed by atoms with Gasteiger partial charge in [-0.25, -0.2) is 0 Å². The standard InChI is InChI=1S/C19H15F3N2O4/c1-25-16-11-17(24-18(23-16)26-2)28-15-9-7-14(8-10-15)27-13-5-3-12(4-6-13)19(20,21)22/h3-11H,1-2H3. The summed E-state index contributed by atoms with van der Waals surface area (Å²) >= 11 is 0. The van der Waals surface area contributed by atoms with Crippen LogP contribution in [0.5, 0.6) is 35.0 Å². The highest BCUT2D eigenvalue weighted by molar-refractivity contribution is 5.38. The van der Waals surface area contributed by atoms with E-state index in [1.165, 1.54) is 32.4 Å². The van der Waals surface area contributed by atoms with E-state index in [-0.39, 0.29) is 23.5 Å². The predicted molar refractivity (Wildman–Crippen MR) is 93.2 cm³/mol. The summed E-state index contributed by atoms with van der Waals surface area (Å²) in [4.78, 5) is 8.02. The number of alkyl halides is 3. The Morgan fingerprint density at radius 3 is 1.68 bits per heavy atom. The van der Waals surface area contributed by atoms with E-state index in [4.69, 9.17) is 18.9 Å². The van der Waals surface area contributed by atoms with E-state index in [1.807, 2.05) is 0 Å². The molecule has 0 aliphatic rings. The van der Waals surface area contributed by atoms with Gasteiger partial charge in [0.15, 0.2) is 0 Å². The van der Waals surface area contributed by atoms with Gasteiger partial charge in [0, 0.05) is 0 Å². The zero-order valence-electron chi connectivity index (χ0n) is 14.9. The van der Waals surface area contributed by atoms with Crippen molar-refractivity contribution in [3.05, 3.63) is 60.2 Å². The zero-order chi connectivity index (χ0) is 20.1. The van der Waals surface area contributed by atoms with Gasteiger partial charge in [0.05, 0.1) is 25.8 Å². The Hall–Kier alpha value is -3.49. The predicted octanol–water partition coefficient (Wildman–Crippen LogP) is 5.10. The maximum Gasteiger partial charge on any atom is 0.416 e. The van der Waals surface area contributed by atoms with Crippen molar-refractivity contribution in [3.8, 4) is 35.0 Å². The summed E-state index contributed by atoms with van der Waals surface area (Å²) in [6.07, 6.45) is -4.39. The molecule has 0 spiro atoms. The molecule has 1 aromatic heterocycles. The summed E-state index contributed by atoms with van der Waals surface area (Å²) in [6, 6.07) is 12.5. The van der Waals surface area contributed by atoms with Gasteiger partial charge in [0.2, 0.25) is 11.8 Å². The number of benzene rings is 2. The number of halogens is 3. The fraction of sp³-hybridized carbons (Fsp3) is 0.158. The minimum Gasteiger partial charge on any atom is -0.481 e. The molecule has 28 heavy (non-hydrogen) atoms. The van der Waals surface area contributed by atoms with Gasteiger partial charge in [-0.15, -0.1) is 0 Å². The second-order valence-electron chi connectivity index (χ2n) is 5.43. The van der Waals surface area contributed by atoms with Crippen molar-refractivity contribution in [1.29, 1.82) is 0 Å². The lowest BCUT2D eigenvalue weighted by molar-refractivity contribution is -0.137. The van der Waals surface area contributed by atoms with Crippen LogP contribution in [0.15, 0.2) is 54.6 Å². The monoisotopic (exact) mass is 392 g/mol. The maximum absolute atomic E-state index is 12.6. The number of aromatic nitrogens is 2. The van der Waals surface area contributed by atoms with Crippen LogP contribution in [0.25, 0.3) is 0 Å². The molecule has 0 saturated heterocycles. The fourth-order valence-corrected chi connectivity index (χ4v) is 2.18. The van der Waals surface area contributed by atoms with Crippen LogP contribution < -0.4 is 18.9 Å². The van der Waals surface area contributed by atoms with Crippen LogP contribution in [0, 0.1) is 0 Å². The van der Waals surface area contributed by atoms with E-state index >= 15 is 0 Å². The van der Waals surface area contributed by atoms with Crippen LogP contribution in [0.3, 0.4) is 0 Å². The van der Waals surface area contributed by atoms with Crippen molar-refractivity contribution in [2.24, 2.45) is 0 Å². The highest BCUT2D eigenvalue weighted by Crippen LogP contribution is 2.32. The van der Waals surface area contributed by atoms with Crippen molar-refractivity contribution in [3.63, 3.8) is 0 Å². The topological polar surface area (TPSA) is 62.7 Å². The molecule has 0 fully saturated rings. The van der Waals surface area contributed by atoms with Gasteiger partial charge < -0.3 is 18.9 Å².